The topological polar surface area (TPSA) is 743 Å². The number of aromatic nitrogens is 2. The molecule has 0 aliphatic heterocycles. The van der Waals surface area contributed by atoms with Gasteiger partial charge in [-0.1, -0.05) is 52.0 Å². The van der Waals surface area contributed by atoms with Gasteiger partial charge >= 0.3 is 11.9 Å². The monoisotopic (exact) mass is 1720 g/mol. The Morgan fingerprint density at radius 2 is 0.840 bits per heavy atom. The number of H-pyrrole nitrogens is 1. The van der Waals surface area contributed by atoms with E-state index in [-0.39, 0.29) is 68.0 Å². The van der Waals surface area contributed by atoms with Gasteiger partial charge in [0.25, 0.3) is 0 Å². The van der Waals surface area contributed by atoms with Crippen molar-refractivity contribution in [3.63, 3.8) is 0 Å². The molecule has 45 nitrogen and oxygen atoms in total. The Bertz CT molecular complexity index is 3990. The number of nitrogens with two attached hydrogens (primary N) is 3. The summed E-state index contributed by atoms with van der Waals surface area (Å²) in [6.45, 7) is 7.46. The van der Waals surface area contributed by atoms with E-state index in [0.717, 1.165) is 20.8 Å². The molecule has 0 spiro atoms. The molecule has 16 atom stereocenters. The van der Waals surface area contributed by atoms with Crippen molar-refractivity contribution in [1.29, 1.82) is 5.41 Å². The predicted octanol–water partition coefficient (Wildman–Crippen LogP) is -8.98. The zero-order valence-corrected chi connectivity index (χ0v) is 68.0. The number of aliphatic hydroxyl groups excluding tert-OH is 3. The number of amides is 15. The Kier molecular flexibility index (Phi) is 43.1. The molecule has 0 aliphatic carbocycles. The highest BCUT2D eigenvalue weighted by atomic mass is 32.1. The number of thiol groups is 2. The lowest BCUT2D eigenvalue weighted by Gasteiger charge is -2.30. The van der Waals surface area contributed by atoms with E-state index >= 15 is 0 Å². The number of rotatable bonds is 52. The number of phenolic OH excluding ortho intramolecular Hbond substituents is 2. The van der Waals surface area contributed by atoms with Crippen LogP contribution in [0, 0.1) is 17.2 Å². The van der Waals surface area contributed by atoms with Crippen molar-refractivity contribution in [3.8, 4) is 11.5 Å². The molecule has 1 aromatic heterocycles. The smallest absolute Gasteiger partial charge is 0.322 e. The van der Waals surface area contributed by atoms with E-state index in [0.29, 0.717) is 11.1 Å². The number of hydrogen-bond donors (Lipinski definition) is 29. The molecule has 0 aliphatic rings. The third-order valence-corrected chi connectivity index (χ3v) is 18.3. The predicted molar refractivity (Wildman–Crippen MR) is 428 cm³/mol. The zero-order chi connectivity index (χ0) is 89.7. The number of imidazole rings is 1. The highest BCUT2D eigenvalue weighted by Gasteiger charge is 2.40. The number of carboxylic acids is 2. The van der Waals surface area contributed by atoms with Crippen LogP contribution in [0.5, 0.6) is 11.5 Å². The minimum absolute atomic E-state index is 0.0133. The lowest BCUT2D eigenvalue weighted by Crippen LogP contribution is -2.64. The highest BCUT2D eigenvalue weighted by Crippen LogP contribution is 2.17. The van der Waals surface area contributed by atoms with Crippen molar-refractivity contribution < 1.29 is 117 Å². The summed E-state index contributed by atoms with van der Waals surface area (Å²) in [6, 6.07) is -10.6. The summed E-state index contributed by atoms with van der Waals surface area (Å²) in [7, 11) is 0. The first kappa shape index (κ1) is 101. The Morgan fingerprint density at radius 3 is 1.29 bits per heavy atom. The number of guanidine groups is 1. The zero-order valence-electron chi connectivity index (χ0n) is 66.2. The molecular weight excluding hydrogens is 1610 g/mol. The maximum Gasteiger partial charge on any atom is 0.322 e. The molecule has 0 bridgehead atoms. The number of nitrogens with zero attached hydrogens (tertiary/aromatic N) is 1. The molecule has 119 heavy (non-hydrogen) atoms. The number of carbonyl (C=O) groups excluding carboxylic acids is 15. The second kappa shape index (κ2) is 50.6. The quantitative estimate of drug-likeness (QED) is 0.0108. The maximum atomic E-state index is 14.5. The van der Waals surface area contributed by atoms with Crippen LogP contribution in [0.3, 0.4) is 0 Å². The summed E-state index contributed by atoms with van der Waals surface area (Å²) in [5.41, 5.74) is 17.8. The highest BCUT2D eigenvalue weighted by molar-refractivity contribution is 7.80. The largest absolute Gasteiger partial charge is 0.508 e. The van der Waals surface area contributed by atoms with Crippen LogP contribution in [-0.2, 0) is 101 Å². The first-order valence-corrected chi connectivity index (χ1v) is 38.6. The summed E-state index contributed by atoms with van der Waals surface area (Å²) in [5, 5.41) is 114. The van der Waals surface area contributed by atoms with Crippen LogP contribution in [0.2, 0.25) is 0 Å². The van der Waals surface area contributed by atoms with Crippen molar-refractivity contribution in [3.05, 3.63) is 77.9 Å². The molecule has 1 heterocycles. The van der Waals surface area contributed by atoms with E-state index in [1.54, 1.807) is 13.8 Å². The molecule has 2 aromatic carbocycles. The van der Waals surface area contributed by atoms with Gasteiger partial charge in [0.2, 0.25) is 88.6 Å². The van der Waals surface area contributed by atoms with Gasteiger partial charge in [-0.2, -0.15) is 25.3 Å². The average Bonchev–Trinajstić information content (AvgIpc) is 1.37. The molecule has 0 radical (unpaired) electrons. The molecule has 15 amide bonds. The number of aliphatic carboxylic acids is 2. The van der Waals surface area contributed by atoms with Crippen LogP contribution in [0.15, 0.2) is 61.1 Å². The van der Waals surface area contributed by atoms with E-state index in [2.05, 4.69) is 110 Å². The number of benzene rings is 2. The molecule has 3 aromatic rings. The van der Waals surface area contributed by atoms with E-state index in [1.807, 2.05) is 5.32 Å². The van der Waals surface area contributed by atoms with Crippen molar-refractivity contribution in [1.82, 2.24) is 89.7 Å². The molecule has 47 heteroatoms. The molecule has 0 saturated carbocycles. The van der Waals surface area contributed by atoms with Gasteiger partial charge in [-0.25, -0.2) is 4.98 Å². The summed E-state index contributed by atoms with van der Waals surface area (Å²) in [5.74, 6) is -22.2. The van der Waals surface area contributed by atoms with Crippen molar-refractivity contribution in [2.24, 2.45) is 29.0 Å². The standard InChI is InChI=1S/C72H109N21O24S2/c1-32(2)21-45(63(109)87-48(24-39-26-77-31-81-39)65(111)89-50(30-119)67(113)92-56(34(5)94)69(115)84-43(9-8-20-78-72(75)76)62(108)83-44(18-19-53(101)102)60(106)80-28-54(103)104)88-70(116)57(35(6)95)93-68(114)55(33(3)4)90-71(117)58(36(7)96)91-66(112)49(25-51(74)99)82-52(100)27-79-61(107)46(22-37-10-14-40(97)15-11-37)86-64(110)47(85-59(105)42(73)29-118)23-38-12-16-41(98)17-13-38/h10-17,26,31-36,42-50,55-58,94-98,118-119H,8-9,18-25,27-30,73H2,1-7H3,(H2,74,99)(H,77,81)(H,79,107)(H,80,106)(H,82,100)(H,83,108)(H,84,115)(H,85,105)(H,86,110)(H,87,109)(H,88,116)(H,89,111)(H,90,117)(H,91,112)(H,92,113)(H,93,114)(H,101,102)(H,103,104)(H4,75,76,78)/t34-,35-,36-,42+,43+,44+,45+,46+,47+,48+,49+,50+,55+,56+,57+,58+/m1/s1. The number of aromatic amines is 1. The van der Waals surface area contributed by atoms with Crippen LogP contribution >= 0.6 is 25.3 Å². The molecule has 3 rings (SSSR count). The molecule has 0 unspecified atom stereocenters. The Balaban J connectivity index is 1.84. The second-order valence-corrected chi connectivity index (χ2v) is 29.2. The van der Waals surface area contributed by atoms with Gasteiger partial charge in [0, 0.05) is 55.6 Å². The van der Waals surface area contributed by atoms with Gasteiger partial charge in [-0.15, -0.1) is 0 Å². The van der Waals surface area contributed by atoms with Crippen molar-refractivity contribution in [2.45, 2.75) is 203 Å². The Morgan fingerprint density at radius 1 is 0.445 bits per heavy atom. The van der Waals surface area contributed by atoms with Gasteiger partial charge in [0.05, 0.1) is 43.6 Å². The van der Waals surface area contributed by atoms with E-state index < -0.39 is 253 Å². The SMILES string of the molecule is CC(C)C[C@H](NC(=O)[C@@H](NC(=O)[C@@H](NC(=O)[C@@H](NC(=O)[C@H](CC(N)=O)NC(=O)CNC(=O)[C@H](Cc1ccc(O)cc1)NC(=O)[C@H](Cc1ccc(O)cc1)NC(=O)[C@@H](N)CS)[C@@H](C)O)C(C)C)[C@@H](C)O)C(=O)N[C@@H](Cc1cnc[nH]1)C(=O)N[C@@H](CS)C(=O)N[C@H](C(=O)N[C@@H](CCCNC(=N)N)C(=O)N[C@@H](CCC(=O)O)C(=O)NCC(=O)O)[C@@H](C)O. The summed E-state index contributed by atoms with van der Waals surface area (Å²) < 4.78 is 0. The first-order valence-electron chi connectivity index (χ1n) is 37.4. The maximum absolute atomic E-state index is 14.5. The number of phenols is 2. The summed E-state index contributed by atoms with van der Waals surface area (Å²) in [6.07, 6.45) is -6.31. The lowest BCUT2D eigenvalue weighted by molar-refractivity contribution is -0.140. The number of carbonyl (C=O) groups is 17. The van der Waals surface area contributed by atoms with Gasteiger partial charge in [0.15, 0.2) is 5.96 Å². The molecule has 0 fully saturated rings. The third kappa shape index (κ3) is 36.6. The van der Waals surface area contributed by atoms with Crippen LogP contribution in [-0.4, -0.2) is 280 Å². The average molecular weight is 1720 g/mol. The van der Waals surface area contributed by atoms with Crippen molar-refractivity contribution >= 4 is 132 Å². The minimum atomic E-state index is -2.00. The van der Waals surface area contributed by atoms with Gasteiger partial charge in [-0.3, -0.25) is 86.9 Å². The number of carboxylic acid groups (broad SMARTS) is 2. The van der Waals surface area contributed by atoms with Gasteiger partial charge in [-0.05, 0) is 93.7 Å². The first-order chi connectivity index (χ1) is 55.8. The van der Waals surface area contributed by atoms with Crippen LogP contribution < -0.4 is 97.0 Å². The molecule has 30 N–H and O–H groups in total. The third-order valence-electron chi connectivity index (χ3n) is 17.5. The van der Waals surface area contributed by atoms with E-state index in [1.165, 1.54) is 74.9 Å². The van der Waals surface area contributed by atoms with Crippen LogP contribution in [0.25, 0.3) is 0 Å². The normalized spacial score (nSPS) is 15.2. The summed E-state index contributed by atoms with van der Waals surface area (Å²) in [4.78, 5) is 237. The number of nitrogens with one attached hydrogen (secondary N) is 17. The number of aromatic hydroxyl groups is 2. The summed E-state index contributed by atoms with van der Waals surface area (Å²) >= 11 is 8.26. The van der Waals surface area contributed by atoms with Crippen LogP contribution in [0.4, 0.5) is 0 Å². The Labute approximate surface area is 693 Å². The fourth-order valence-electron chi connectivity index (χ4n) is 11.2. The fourth-order valence-corrected chi connectivity index (χ4v) is 11.6. The fraction of sp³-hybridized carbons (Fsp3) is 0.542. The van der Waals surface area contributed by atoms with Gasteiger partial charge in [0.1, 0.15) is 90.5 Å². The molecule has 658 valence electrons. The molecule has 0 saturated heterocycles. The number of aliphatic hydroxyl groups is 3. The van der Waals surface area contributed by atoms with Gasteiger partial charge < -0.3 is 138 Å². The van der Waals surface area contributed by atoms with Crippen molar-refractivity contribution in [2.75, 3.05) is 31.1 Å². The van der Waals surface area contributed by atoms with E-state index in [9.17, 15) is 112 Å². The minimum Gasteiger partial charge on any atom is -0.508 e. The number of hydrogen-bond acceptors (Lipinski definition) is 27. The lowest BCUT2D eigenvalue weighted by atomic mass is 9.99. The second-order valence-electron chi connectivity index (χ2n) is 28.5. The van der Waals surface area contributed by atoms with E-state index in [4.69, 9.17) is 27.7 Å². The number of primary amides is 1. The Hall–Kier alpha value is -11.9. The van der Waals surface area contributed by atoms with Crippen LogP contribution in [0.1, 0.15) is 104 Å². The molecular formula is C72H109N21O24S2.